The summed E-state index contributed by atoms with van der Waals surface area (Å²) in [5, 5.41) is 13.4. The van der Waals surface area contributed by atoms with Crippen molar-refractivity contribution in [2.45, 2.75) is 57.0 Å². The maximum absolute atomic E-state index is 12.0. The molecule has 1 aliphatic heterocycles. The molecule has 0 spiro atoms. The summed E-state index contributed by atoms with van der Waals surface area (Å²) in [6.07, 6.45) is 7.58. The summed E-state index contributed by atoms with van der Waals surface area (Å²) in [6.45, 7) is 3.01. The highest BCUT2D eigenvalue weighted by Crippen LogP contribution is 2.30. The predicted octanol–water partition coefficient (Wildman–Crippen LogP) is 1.53. The fourth-order valence-corrected chi connectivity index (χ4v) is 3.45. The van der Waals surface area contributed by atoms with Crippen LogP contribution in [0, 0.1) is 5.92 Å². The maximum atomic E-state index is 12.0. The van der Waals surface area contributed by atoms with E-state index in [1.807, 2.05) is 0 Å². The Morgan fingerprint density at radius 1 is 1.32 bits per heavy atom. The lowest BCUT2D eigenvalue weighted by Gasteiger charge is -2.32. The van der Waals surface area contributed by atoms with E-state index >= 15 is 0 Å². The first-order chi connectivity index (χ1) is 9.07. The van der Waals surface area contributed by atoms with Crippen molar-refractivity contribution in [2.24, 2.45) is 5.92 Å². The molecule has 4 nitrogen and oxygen atoms in total. The Hall–Kier alpha value is -0.610. The van der Waals surface area contributed by atoms with Crippen molar-refractivity contribution in [1.82, 2.24) is 10.2 Å². The number of hydrogen-bond acceptors (Lipinski definition) is 3. The molecule has 1 amide bonds. The van der Waals surface area contributed by atoms with Crippen LogP contribution in [-0.2, 0) is 4.79 Å². The molecule has 0 aromatic carbocycles. The van der Waals surface area contributed by atoms with E-state index in [0.29, 0.717) is 5.92 Å². The van der Waals surface area contributed by atoms with E-state index in [-0.39, 0.29) is 12.3 Å². The van der Waals surface area contributed by atoms with E-state index in [4.69, 9.17) is 0 Å². The van der Waals surface area contributed by atoms with Crippen molar-refractivity contribution in [2.75, 3.05) is 26.7 Å². The molecule has 110 valence electrons. The van der Waals surface area contributed by atoms with Gasteiger partial charge in [-0.15, -0.1) is 0 Å². The Balaban J connectivity index is 1.69. The molecule has 1 saturated carbocycles. The minimum atomic E-state index is -0.730. The molecule has 0 bridgehead atoms. The molecule has 1 aliphatic carbocycles. The fraction of sp³-hybridized carbons (Fsp3) is 0.933. The van der Waals surface area contributed by atoms with Gasteiger partial charge < -0.3 is 15.3 Å². The molecule has 2 rings (SSSR count). The van der Waals surface area contributed by atoms with Crippen LogP contribution in [0.3, 0.4) is 0 Å². The SMILES string of the molecule is CN1CCCC(CNC(=O)CC2(O)CCCCC2)C1. The molecule has 1 heterocycles. The van der Waals surface area contributed by atoms with Gasteiger partial charge in [-0.25, -0.2) is 0 Å². The van der Waals surface area contributed by atoms with Crippen molar-refractivity contribution in [3.05, 3.63) is 0 Å². The van der Waals surface area contributed by atoms with Crippen LogP contribution in [0.2, 0.25) is 0 Å². The van der Waals surface area contributed by atoms with E-state index in [9.17, 15) is 9.90 Å². The molecular weight excluding hydrogens is 240 g/mol. The topological polar surface area (TPSA) is 52.6 Å². The Bertz CT molecular complexity index is 301. The van der Waals surface area contributed by atoms with Crippen LogP contribution in [0.4, 0.5) is 0 Å². The lowest BCUT2D eigenvalue weighted by Crippen LogP contribution is -2.42. The maximum Gasteiger partial charge on any atom is 0.222 e. The molecule has 19 heavy (non-hydrogen) atoms. The van der Waals surface area contributed by atoms with Gasteiger partial charge in [0, 0.05) is 13.1 Å². The van der Waals surface area contributed by atoms with Gasteiger partial charge in [0.2, 0.25) is 5.91 Å². The van der Waals surface area contributed by atoms with Gasteiger partial charge in [-0.3, -0.25) is 4.79 Å². The van der Waals surface area contributed by atoms with Gasteiger partial charge >= 0.3 is 0 Å². The van der Waals surface area contributed by atoms with Crippen LogP contribution in [0.1, 0.15) is 51.4 Å². The fourth-order valence-electron chi connectivity index (χ4n) is 3.45. The molecule has 2 aliphatic rings. The monoisotopic (exact) mass is 268 g/mol. The third kappa shape index (κ3) is 4.77. The number of aliphatic hydroxyl groups is 1. The average molecular weight is 268 g/mol. The van der Waals surface area contributed by atoms with Crippen molar-refractivity contribution in [1.29, 1.82) is 0 Å². The molecule has 0 radical (unpaired) electrons. The summed E-state index contributed by atoms with van der Waals surface area (Å²) in [5.41, 5.74) is -0.730. The lowest BCUT2D eigenvalue weighted by atomic mass is 9.82. The second kappa shape index (κ2) is 6.71. The highest BCUT2D eigenvalue weighted by molar-refractivity contribution is 5.77. The van der Waals surface area contributed by atoms with Crippen molar-refractivity contribution in [3.8, 4) is 0 Å². The van der Waals surface area contributed by atoms with E-state index in [1.165, 1.54) is 25.8 Å². The summed E-state index contributed by atoms with van der Waals surface area (Å²) < 4.78 is 0. The molecule has 1 saturated heterocycles. The van der Waals surface area contributed by atoms with Gasteiger partial charge in [0.1, 0.15) is 0 Å². The summed E-state index contributed by atoms with van der Waals surface area (Å²) in [7, 11) is 2.14. The number of carbonyl (C=O) groups is 1. The molecule has 0 aromatic rings. The highest BCUT2D eigenvalue weighted by Gasteiger charge is 2.31. The molecule has 1 unspecified atom stereocenters. The minimum absolute atomic E-state index is 0.0256. The number of nitrogens with one attached hydrogen (secondary N) is 1. The molecule has 0 aromatic heterocycles. The zero-order valence-corrected chi connectivity index (χ0v) is 12.2. The third-order valence-electron chi connectivity index (χ3n) is 4.58. The summed E-state index contributed by atoms with van der Waals surface area (Å²) >= 11 is 0. The molecule has 1 atom stereocenters. The second-order valence-electron chi connectivity index (χ2n) is 6.54. The number of carbonyl (C=O) groups excluding carboxylic acids is 1. The van der Waals surface area contributed by atoms with E-state index < -0.39 is 5.60 Å². The van der Waals surface area contributed by atoms with E-state index in [2.05, 4.69) is 17.3 Å². The smallest absolute Gasteiger partial charge is 0.222 e. The second-order valence-corrected chi connectivity index (χ2v) is 6.54. The van der Waals surface area contributed by atoms with Crippen molar-refractivity contribution >= 4 is 5.91 Å². The van der Waals surface area contributed by atoms with Gasteiger partial charge in [-0.2, -0.15) is 0 Å². The number of rotatable bonds is 4. The number of nitrogens with zero attached hydrogens (tertiary/aromatic N) is 1. The van der Waals surface area contributed by atoms with Crippen LogP contribution in [0.15, 0.2) is 0 Å². The van der Waals surface area contributed by atoms with Gasteiger partial charge in [0.05, 0.1) is 12.0 Å². The molecule has 4 heteroatoms. The first kappa shape index (κ1) is 14.8. The Morgan fingerprint density at radius 3 is 2.74 bits per heavy atom. The van der Waals surface area contributed by atoms with Gasteiger partial charge in [0.15, 0.2) is 0 Å². The van der Waals surface area contributed by atoms with Gasteiger partial charge in [0.25, 0.3) is 0 Å². The summed E-state index contributed by atoms with van der Waals surface area (Å²) in [5.74, 6) is 0.598. The summed E-state index contributed by atoms with van der Waals surface area (Å²) in [4.78, 5) is 14.3. The van der Waals surface area contributed by atoms with Crippen molar-refractivity contribution < 1.29 is 9.90 Å². The average Bonchev–Trinajstić information content (AvgIpc) is 2.37. The van der Waals surface area contributed by atoms with Gasteiger partial charge in [-0.05, 0) is 45.2 Å². The van der Waals surface area contributed by atoms with Crippen LogP contribution < -0.4 is 5.32 Å². The first-order valence-corrected chi connectivity index (χ1v) is 7.75. The summed E-state index contributed by atoms with van der Waals surface area (Å²) in [6, 6.07) is 0. The zero-order valence-electron chi connectivity index (χ0n) is 12.2. The Labute approximate surface area is 116 Å². The van der Waals surface area contributed by atoms with Crippen LogP contribution >= 0.6 is 0 Å². The normalized spacial score (nSPS) is 28.0. The molecule has 2 fully saturated rings. The number of amides is 1. The number of likely N-dealkylation sites (tertiary alicyclic amines) is 1. The number of piperidine rings is 1. The van der Waals surface area contributed by atoms with E-state index in [1.54, 1.807) is 0 Å². The van der Waals surface area contributed by atoms with E-state index in [0.717, 1.165) is 38.8 Å². The van der Waals surface area contributed by atoms with Gasteiger partial charge in [-0.1, -0.05) is 19.3 Å². The largest absolute Gasteiger partial charge is 0.389 e. The van der Waals surface area contributed by atoms with Crippen LogP contribution in [0.25, 0.3) is 0 Å². The van der Waals surface area contributed by atoms with Crippen LogP contribution in [0.5, 0.6) is 0 Å². The Kier molecular flexibility index (Phi) is 5.22. The van der Waals surface area contributed by atoms with Crippen LogP contribution in [-0.4, -0.2) is 48.2 Å². The standard InChI is InChI=1S/C15H28N2O2/c1-17-9-5-6-13(12-17)11-16-14(18)10-15(19)7-3-2-4-8-15/h13,19H,2-12H2,1H3,(H,16,18). The quantitative estimate of drug-likeness (QED) is 0.813. The van der Waals surface area contributed by atoms with Crippen molar-refractivity contribution in [3.63, 3.8) is 0 Å². The number of hydrogen-bond donors (Lipinski definition) is 2. The highest BCUT2D eigenvalue weighted by atomic mass is 16.3. The third-order valence-corrected chi connectivity index (χ3v) is 4.58. The first-order valence-electron chi connectivity index (χ1n) is 7.75. The minimum Gasteiger partial charge on any atom is -0.389 e. The molecule has 2 N–H and O–H groups in total. The lowest BCUT2D eigenvalue weighted by molar-refractivity contribution is -0.127. The predicted molar refractivity (Wildman–Crippen MR) is 75.9 cm³/mol. The Morgan fingerprint density at radius 2 is 2.05 bits per heavy atom. The molecular formula is C15H28N2O2. The zero-order chi connectivity index (χ0) is 13.7.